The lowest BCUT2D eigenvalue weighted by Gasteiger charge is -2.17. The third-order valence-electron chi connectivity index (χ3n) is 3.55. The van der Waals surface area contributed by atoms with E-state index in [0.717, 1.165) is 5.56 Å². The van der Waals surface area contributed by atoms with Crippen LogP contribution in [-0.4, -0.2) is 30.9 Å². The molecular weight excluding hydrogens is 334 g/mol. The number of halogens is 3. The lowest BCUT2D eigenvalue weighted by molar-refractivity contribution is -0.122. The van der Waals surface area contributed by atoms with Crippen molar-refractivity contribution in [2.24, 2.45) is 0 Å². The number of rotatable bonds is 7. The first kappa shape index (κ1) is 18.4. The molecule has 128 valence electrons. The van der Waals surface area contributed by atoms with Gasteiger partial charge >= 0.3 is 0 Å². The molecular formula is C18H19ClF2N2O. The molecule has 1 N–H and O–H groups in total. The molecule has 0 atom stereocenters. The van der Waals surface area contributed by atoms with Crippen molar-refractivity contribution in [2.45, 2.75) is 13.0 Å². The SMILES string of the molecule is CN(CC(=O)NCCc1ccc(F)cc1)Cc1c(F)cccc1Cl. The maximum absolute atomic E-state index is 13.7. The number of nitrogens with zero attached hydrogens (tertiary/aromatic N) is 1. The predicted molar refractivity (Wildman–Crippen MR) is 90.9 cm³/mol. The zero-order valence-corrected chi connectivity index (χ0v) is 14.1. The highest BCUT2D eigenvalue weighted by molar-refractivity contribution is 6.31. The Morgan fingerprint density at radius 1 is 1.17 bits per heavy atom. The zero-order chi connectivity index (χ0) is 17.5. The number of carbonyl (C=O) groups is 1. The average Bonchev–Trinajstić information content (AvgIpc) is 2.53. The molecule has 24 heavy (non-hydrogen) atoms. The van der Waals surface area contributed by atoms with Gasteiger partial charge in [-0.2, -0.15) is 0 Å². The van der Waals surface area contributed by atoms with Crippen molar-refractivity contribution in [3.8, 4) is 0 Å². The highest BCUT2D eigenvalue weighted by Crippen LogP contribution is 2.20. The van der Waals surface area contributed by atoms with Crippen LogP contribution in [0.2, 0.25) is 5.02 Å². The Morgan fingerprint density at radius 3 is 2.54 bits per heavy atom. The van der Waals surface area contributed by atoms with Crippen LogP contribution in [-0.2, 0) is 17.8 Å². The van der Waals surface area contributed by atoms with E-state index in [2.05, 4.69) is 5.32 Å². The number of benzene rings is 2. The van der Waals surface area contributed by atoms with E-state index in [1.807, 2.05) is 0 Å². The van der Waals surface area contributed by atoms with Gasteiger partial charge in [0.2, 0.25) is 5.91 Å². The molecule has 6 heteroatoms. The smallest absolute Gasteiger partial charge is 0.234 e. The molecule has 0 spiro atoms. The topological polar surface area (TPSA) is 32.3 Å². The van der Waals surface area contributed by atoms with Gasteiger partial charge in [-0.05, 0) is 43.3 Å². The maximum atomic E-state index is 13.7. The van der Waals surface area contributed by atoms with Crippen LogP contribution in [0.1, 0.15) is 11.1 Å². The van der Waals surface area contributed by atoms with Gasteiger partial charge in [0.1, 0.15) is 11.6 Å². The van der Waals surface area contributed by atoms with Crippen molar-refractivity contribution >= 4 is 17.5 Å². The van der Waals surface area contributed by atoms with E-state index in [0.29, 0.717) is 23.6 Å². The third-order valence-corrected chi connectivity index (χ3v) is 3.91. The van der Waals surface area contributed by atoms with Crippen LogP contribution < -0.4 is 5.32 Å². The molecule has 2 rings (SSSR count). The summed E-state index contributed by atoms with van der Waals surface area (Å²) in [4.78, 5) is 13.6. The number of amides is 1. The lowest BCUT2D eigenvalue weighted by atomic mass is 10.1. The molecule has 0 saturated carbocycles. The van der Waals surface area contributed by atoms with Crippen LogP contribution in [0.15, 0.2) is 42.5 Å². The Bertz CT molecular complexity index is 672. The summed E-state index contributed by atoms with van der Waals surface area (Å²) in [7, 11) is 1.72. The minimum absolute atomic E-state index is 0.133. The highest BCUT2D eigenvalue weighted by Gasteiger charge is 2.12. The normalized spacial score (nSPS) is 10.9. The fourth-order valence-electron chi connectivity index (χ4n) is 2.31. The second-order valence-electron chi connectivity index (χ2n) is 5.60. The second kappa shape index (κ2) is 8.76. The Kier molecular flexibility index (Phi) is 6.70. The fourth-order valence-corrected chi connectivity index (χ4v) is 2.53. The summed E-state index contributed by atoms with van der Waals surface area (Å²) in [6, 6.07) is 10.7. The summed E-state index contributed by atoms with van der Waals surface area (Å²) in [5.41, 5.74) is 1.32. The van der Waals surface area contributed by atoms with Crippen LogP contribution in [0.25, 0.3) is 0 Å². The van der Waals surface area contributed by atoms with E-state index in [4.69, 9.17) is 11.6 Å². The van der Waals surface area contributed by atoms with Crippen molar-refractivity contribution in [1.29, 1.82) is 0 Å². The predicted octanol–water partition coefficient (Wildman–Crippen LogP) is 3.41. The first-order chi connectivity index (χ1) is 11.5. The van der Waals surface area contributed by atoms with Crippen molar-refractivity contribution in [2.75, 3.05) is 20.1 Å². The molecule has 0 unspecified atom stereocenters. The van der Waals surface area contributed by atoms with Gasteiger partial charge in [0.25, 0.3) is 0 Å². The van der Waals surface area contributed by atoms with Crippen LogP contribution in [0, 0.1) is 11.6 Å². The number of carbonyl (C=O) groups excluding carboxylic acids is 1. The van der Waals surface area contributed by atoms with Crippen LogP contribution >= 0.6 is 11.6 Å². The van der Waals surface area contributed by atoms with E-state index in [1.54, 1.807) is 36.2 Å². The summed E-state index contributed by atoms with van der Waals surface area (Å²) >= 11 is 5.98. The highest BCUT2D eigenvalue weighted by atomic mass is 35.5. The minimum Gasteiger partial charge on any atom is -0.355 e. The maximum Gasteiger partial charge on any atom is 0.234 e. The molecule has 0 radical (unpaired) electrons. The van der Waals surface area contributed by atoms with Gasteiger partial charge in [0.15, 0.2) is 0 Å². The molecule has 3 nitrogen and oxygen atoms in total. The zero-order valence-electron chi connectivity index (χ0n) is 13.4. The van der Waals surface area contributed by atoms with E-state index < -0.39 is 0 Å². The molecule has 0 aliphatic heterocycles. The Morgan fingerprint density at radius 2 is 1.88 bits per heavy atom. The summed E-state index contributed by atoms with van der Waals surface area (Å²) in [5, 5.41) is 3.14. The molecule has 0 saturated heterocycles. The number of nitrogens with one attached hydrogen (secondary N) is 1. The van der Waals surface area contributed by atoms with Gasteiger partial charge in [-0.15, -0.1) is 0 Å². The molecule has 0 aliphatic carbocycles. The van der Waals surface area contributed by atoms with Crippen molar-refractivity contribution in [1.82, 2.24) is 10.2 Å². The van der Waals surface area contributed by atoms with Crippen molar-refractivity contribution in [3.05, 3.63) is 70.2 Å². The van der Waals surface area contributed by atoms with Crippen LogP contribution in [0.5, 0.6) is 0 Å². The summed E-state index contributed by atoms with van der Waals surface area (Å²) in [6.45, 7) is 0.837. The molecule has 0 fully saturated rings. The van der Waals surface area contributed by atoms with Gasteiger partial charge < -0.3 is 5.32 Å². The Balaban J connectivity index is 1.76. The number of likely N-dealkylation sites (N-methyl/N-ethyl adjacent to an activating group) is 1. The molecule has 0 aliphatic rings. The Hall–Kier alpha value is -1.98. The van der Waals surface area contributed by atoms with Gasteiger partial charge in [-0.25, -0.2) is 8.78 Å². The van der Waals surface area contributed by atoms with Crippen LogP contribution in [0.3, 0.4) is 0 Å². The summed E-state index contributed by atoms with van der Waals surface area (Å²) in [5.74, 6) is -0.825. The van der Waals surface area contributed by atoms with E-state index >= 15 is 0 Å². The molecule has 2 aromatic rings. The molecule has 0 aromatic heterocycles. The quantitative estimate of drug-likeness (QED) is 0.828. The van der Waals surface area contributed by atoms with E-state index in [9.17, 15) is 13.6 Å². The summed E-state index contributed by atoms with van der Waals surface area (Å²) < 4.78 is 26.5. The number of hydrogen-bond donors (Lipinski definition) is 1. The second-order valence-corrected chi connectivity index (χ2v) is 6.01. The fraction of sp³-hybridized carbons (Fsp3) is 0.278. The Labute approximate surface area is 145 Å². The van der Waals surface area contributed by atoms with Crippen LogP contribution in [0.4, 0.5) is 8.78 Å². The first-order valence-electron chi connectivity index (χ1n) is 7.58. The largest absolute Gasteiger partial charge is 0.355 e. The van der Waals surface area contributed by atoms with Crippen molar-refractivity contribution < 1.29 is 13.6 Å². The van der Waals surface area contributed by atoms with Gasteiger partial charge in [-0.1, -0.05) is 29.8 Å². The molecule has 0 heterocycles. The average molecular weight is 353 g/mol. The van der Waals surface area contributed by atoms with Gasteiger partial charge in [-0.3, -0.25) is 9.69 Å². The number of hydrogen-bond acceptors (Lipinski definition) is 2. The van der Waals surface area contributed by atoms with E-state index in [1.165, 1.54) is 18.2 Å². The summed E-state index contributed by atoms with van der Waals surface area (Å²) in [6.07, 6.45) is 0.620. The molecule has 1 amide bonds. The van der Waals surface area contributed by atoms with Crippen molar-refractivity contribution in [3.63, 3.8) is 0 Å². The van der Waals surface area contributed by atoms with E-state index in [-0.39, 0.29) is 30.6 Å². The monoisotopic (exact) mass is 352 g/mol. The van der Waals surface area contributed by atoms with Gasteiger partial charge in [0, 0.05) is 23.7 Å². The first-order valence-corrected chi connectivity index (χ1v) is 7.96. The standard InChI is InChI=1S/C18H19ClF2N2O/c1-23(11-15-16(19)3-2-4-17(15)21)12-18(24)22-10-9-13-5-7-14(20)8-6-13/h2-8H,9-12H2,1H3,(H,22,24). The third kappa shape index (κ3) is 5.58. The molecule has 2 aromatic carbocycles. The molecule has 0 bridgehead atoms. The minimum atomic E-state index is -0.383. The van der Waals surface area contributed by atoms with Gasteiger partial charge in [0.05, 0.1) is 6.54 Å². The lowest BCUT2D eigenvalue weighted by Crippen LogP contribution is -2.36.